The van der Waals surface area contributed by atoms with Crippen LogP contribution in [0.4, 0.5) is 5.69 Å². The van der Waals surface area contributed by atoms with Gasteiger partial charge in [0.15, 0.2) is 0 Å². The molecule has 1 aromatic heterocycles. The number of carbonyl (C=O) groups is 1. The molecule has 1 aliphatic heterocycles. The van der Waals surface area contributed by atoms with Gasteiger partial charge in [-0.25, -0.2) is 4.98 Å². The second-order valence-corrected chi connectivity index (χ2v) is 5.31. The molecular formula is C16H16N2O3. The molecule has 108 valence electrons. The Labute approximate surface area is 122 Å². The van der Waals surface area contributed by atoms with Gasteiger partial charge < -0.3 is 14.8 Å². The van der Waals surface area contributed by atoms with E-state index in [2.05, 4.69) is 10.3 Å². The van der Waals surface area contributed by atoms with Crippen molar-refractivity contribution in [2.24, 2.45) is 5.41 Å². The lowest BCUT2D eigenvalue weighted by Gasteiger charge is -2.36. The van der Waals surface area contributed by atoms with E-state index in [4.69, 9.17) is 9.47 Å². The lowest BCUT2D eigenvalue weighted by atomic mass is 9.87. The van der Waals surface area contributed by atoms with E-state index in [1.807, 2.05) is 37.3 Å². The number of nitrogens with one attached hydrogen (secondary N) is 1. The van der Waals surface area contributed by atoms with Gasteiger partial charge in [-0.05, 0) is 25.1 Å². The molecule has 1 N–H and O–H groups in total. The van der Waals surface area contributed by atoms with Gasteiger partial charge in [0, 0.05) is 24.0 Å². The van der Waals surface area contributed by atoms with Crippen molar-refractivity contribution in [3.63, 3.8) is 0 Å². The van der Waals surface area contributed by atoms with Crippen LogP contribution in [0.2, 0.25) is 0 Å². The Morgan fingerprint density at radius 2 is 2.14 bits per heavy atom. The van der Waals surface area contributed by atoms with E-state index < -0.39 is 5.41 Å². The minimum Gasteiger partial charge on any atom is -0.439 e. The Hall–Kier alpha value is -2.40. The molecule has 1 aliphatic rings. The van der Waals surface area contributed by atoms with Gasteiger partial charge in [-0.3, -0.25) is 4.79 Å². The lowest BCUT2D eigenvalue weighted by Crippen LogP contribution is -2.49. The predicted octanol–water partition coefficient (Wildman–Crippen LogP) is 2.85. The van der Waals surface area contributed by atoms with Crippen LogP contribution >= 0.6 is 0 Å². The smallest absolute Gasteiger partial charge is 0.234 e. The molecule has 5 heteroatoms. The summed E-state index contributed by atoms with van der Waals surface area (Å²) < 4.78 is 10.7. The van der Waals surface area contributed by atoms with E-state index in [0.717, 1.165) is 0 Å². The van der Waals surface area contributed by atoms with E-state index >= 15 is 0 Å². The van der Waals surface area contributed by atoms with Crippen molar-refractivity contribution >= 4 is 11.6 Å². The van der Waals surface area contributed by atoms with Crippen molar-refractivity contribution in [1.82, 2.24) is 4.98 Å². The molecule has 1 saturated heterocycles. The first-order valence-electron chi connectivity index (χ1n) is 6.74. The minimum absolute atomic E-state index is 0.0382. The van der Waals surface area contributed by atoms with E-state index in [0.29, 0.717) is 30.5 Å². The van der Waals surface area contributed by atoms with Crippen molar-refractivity contribution in [3.05, 3.63) is 48.7 Å². The number of aromatic nitrogens is 1. The number of nitrogens with zero attached hydrogens (tertiary/aromatic N) is 1. The normalized spacial score (nSPS) is 15.9. The fourth-order valence-electron chi connectivity index (χ4n) is 1.99. The third kappa shape index (κ3) is 3.03. The summed E-state index contributed by atoms with van der Waals surface area (Å²) in [6.45, 7) is 2.81. The average Bonchev–Trinajstić information content (AvgIpc) is 2.46. The van der Waals surface area contributed by atoms with Gasteiger partial charge in [0.25, 0.3) is 0 Å². The van der Waals surface area contributed by atoms with E-state index in [1.54, 1.807) is 18.3 Å². The molecule has 1 fully saturated rings. The third-order valence-electron chi connectivity index (χ3n) is 3.34. The van der Waals surface area contributed by atoms with Crippen LogP contribution in [-0.2, 0) is 9.53 Å². The molecule has 0 spiro atoms. The molecule has 2 heterocycles. The van der Waals surface area contributed by atoms with Crippen LogP contribution in [0.5, 0.6) is 11.6 Å². The van der Waals surface area contributed by atoms with Gasteiger partial charge in [0.05, 0.1) is 18.6 Å². The zero-order valence-corrected chi connectivity index (χ0v) is 11.7. The third-order valence-corrected chi connectivity index (χ3v) is 3.34. The molecule has 0 saturated carbocycles. The number of hydrogen-bond donors (Lipinski definition) is 1. The average molecular weight is 284 g/mol. The summed E-state index contributed by atoms with van der Waals surface area (Å²) in [5.74, 6) is 1.10. The summed E-state index contributed by atoms with van der Waals surface area (Å²) in [6, 6.07) is 12.7. The van der Waals surface area contributed by atoms with Crippen LogP contribution in [0.3, 0.4) is 0 Å². The van der Waals surface area contributed by atoms with E-state index in [9.17, 15) is 4.79 Å². The zero-order chi connectivity index (χ0) is 14.7. The largest absolute Gasteiger partial charge is 0.439 e. The molecule has 2 aromatic rings. The Morgan fingerprint density at radius 3 is 2.81 bits per heavy atom. The molecule has 0 unspecified atom stereocenters. The monoisotopic (exact) mass is 284 g/mol. The maximum Gasteiger partial charge on any atom is 0.234 e. The molecule has 3 rings (SSSR count). The molecule has 0 bridgehead atoms. The maximum atomic E-state index is 12.1. The highest BCUT2D eigenvalue weighted by molar-refractivity contribution is 5.95. The Kier molecular flexibility index (Phi) is 3.58. The lowest BCUT2D eigenvalue weighted by molar-refractivity contribution is -0.151. The molecule has 0 atom stereocenters. The first-order chi connectivity index (χ1) is 10.2. The van der Waals surface area contributed by atoms with Crippen molar-refractivity contribution < 1.29 is 14.3 Å². The summed E-state index contributed by atoms with van der Waals surface area (Å²) in [5.41, 5.74) is 0.263. The van der Waals surface area contributed by atoms with Crippen LogP contribution in [0.1, 0.15) is 6.92 Å². The SMILES string of the molecule is CC1(C(=O)Nc2cccc(Oc3ccccn3)c2)COC1. The topological polar surface area (TPSA) is 60.5 Å². The van der Waals surface area contributed by atoms with Crippen LogP contribution < -0.4 is 10.1 Å². The van der Waals surface area contributed by atoms with Crippen molar-refractivity contribution in [3.8, 4) is 11.6 Å². The zero-order valence-electron chi connectivity index (χ0n) is 11.7. The van der Waals surface area contributed by atoms with Crippen molar-refractivity contribution in [2.75, 3.05) is 18.5 Å². The van der Waals surface area contributed by atoms with Gasteiger partial charge in [0.1, 0.15) is 5.75 Å². The minimum atomic E-state index is -0.433. The molecule has 5 nitrogen and oxygen atoms in total. The van der Waals surface area contributed by atoms with Crippen molar-refractivity contribution in [2.45, 2.75) is 6.92 Å². The van der Waals surface area contributed by atoms with Crippen LogP contribution in [0.15, 0.2) is 48.7 Å². The number of pyridine rings is 1. The van der Waals surface area contributed by atoms with Crippen LogP contribution in [0, 0.1) is 5.41 Å². The highest BCUT2D eigenvalue weighted by Crippen LogP contribution is 2.29. The van der Waals surface area contributed by atoms with E-state index in [-0.39, 0.29) is 5.91 Å². The summed E-state index contributed by atoms with van der Waals surface area (Å²) in [7, 11) is 0. The summed E-state index contributed by atoms with van der Waals surface area (Å²) in [4.78, 5) is 16.2. The van der Waals surface area contributed by atoms with Gasteiger partial charge in [-0.1, -0.05) is 12.1 Å². The Balaban J connectivity index is 1.70. The van der Waals surface area contributed by atoms with Gasteiger partial charge >= 0.3 is 0 Å². The summed E-state index contributed by atoms with van der Waals surface area (Å²) in [6.07, 6.45) is 1.67. The number of benzene rings is 1. The van der Waals surface area contributed by atoms with Crippen LogP contribution in [0.25, 0.3) is 0 Å². The molecule has 1 aromatic carbocycles. The second-order valence-electron chi connectivity index (χ2n) is 5.31. The number of rotatable bonds is 4. The fraction of sp³-hybridized carbons (Fsp3) is 0.250. The Morgan fingerprint density at radius 1 is 1.29 bits per heavy atom. The first kappa shape index (κ1) is 13.6. The highest BCUT2D eigenvalue weighted by Gasteiger charge is 2.41. The number of anilines is 1. The molecule has 0 radical (unpaired) electrons. The molecule has 0 aliphatic carbocycles. The quantitative estimate of drug-likeness (QED) is 0.937. The fourth-order valence-corrected chi connectivity index (χ4v) is 1.99. The molecular weight excluding hydrogens is 268 g/mol. The highest BCUT2D eigenvalue weighted by atomic mass is 16.5. The summed E-state index contributed by atoms with van der Waals surface area (Å²) in [5, 5.41) is 2.89. The van der Waals surface area contributed by atoms with Gasteiger partial charge in [-0.2, -0.15) is 0 Å². The predicted molar refractivity (Wildman–Crippen MR) is 78.3 cm³/mol. The van der Waals surface area contributed by atoms with E-state index in [1.165, 1.54) is 0 Å². The number of carbonyl (C=O) groups excluding carboxylic acids is 1. The number of ether oxygens (including phenoxy) is 2. The number of hydrogen-bond acceptors (Lipinski definition) is 4. The molecule has 1 amide bonds. The van der Waals surface area contributed by atoms with Crippen molar-refractivity contribution in [1.29, 1.82) is 0 Å². The standard InChI is InChI=1S/C16H16N2O3/c1-16(10-20-11-16)15(19)18-12-5-4-6-13(9-12)21-14-7-2-3-8-17-14/h2-9H,10-11H2,1H3,(H,18,19). The molecule has 21 heavy (non-hydrogen) atoms. The maximum absolute atomic E-state index is 12.1. The second kappa shape index (κ2) is 5.54. The van der Waals surface area contributed by atoms with Gasteiger partial charge in [-0.15, -0.1) is 0 Å². The Bertz CT molecular complexity index is 639. The first-order valence-corrected chi connectivity index (χ1v) is 6.74. The number of amides is 1. The van der Waals surface area contributed by atoms with Gasteiger partial charge in [0.2, 0.25) is 11.8 Å². The van der Waals surface area contributed by atoms with Crippen LogP contribution in [-0.4, -0.2) is 24.1 Å². The summed E-state index contributed by atoms with van der Waals surface area (Å²) >= 11 is 0.